The first kappa shape index (κ1) is 19.5. The Morgan fingerprint density at radius 2 is 2.07 bits per heavy atom. The number of aromatic nitrogens is 2. The van der Waals surface area contributed by atoms with E-state index in [1.165, 1.54) is 24.9 Å². The smallest absolute Gasteiger partial charge is 0.277 e. The zero-order chi connectivity index (χ0) is 20.1. The lowest BCUT2D eigenvalue weighted by Gasteiger charge is -2.31. The molecule has 0 aliphatic carbocycles. The average Bonchev–Trinajstić information content (AvgIpc) is 2.99. The molecule has 0 radical (unpaired) electrons. The number of benzene rings is 1. The standard InChI is InChI=1S/C18H21FN2O5S/c1-5-21-18(23)12(8-20-21)16(22)11-7-13(19)17-15(10(11)3)14(26-4)6-9(2)27(17,24)25/h7-9,14,20H,5-6H2,1-4H3. The third kappa shape index (κ3) is 2.85. The van der Waals surface area contributed by atoms with Crippen LogP contribution in [0.25, 0.3) is 0 Å². The molecule has 27 heavy (non-hydrogen) atoms. The number of methoxy groups -OCH3 is 1. The van der Waals surface area contributed by atoms with Crippen molar-refractivity contribution in [3.63, 3.8) is 0 Å². The monoisotopic (exact) mass is 396 g/mol. The van der Waals surface area contributed by atoms with Gasteiger partial charge in [-0.3, -0.25) is 14.3 Å². The van der Waals surface area contributed by atoms with E-state index in [1.54, 1.807) is 13.8 Å². The van der Waals surface area contributed by atoms with E-state index in [0.29, 0.717) is 12.1 Å². The summed E-state index contributed by atoms with van der Waals surface area (Å²) >= 11 is 0. The van der Waals surface area contributed by atoms with Crippen LogP contribution in [0.3, 0.4) is 0 Å². The summed E-state index contributed by atoms with van der Waals surface area (Å²) in [6.45, 7) is 5.15. The van der Waals surface area contributed by atoms with Crippen LogP contribution >= 0.6 is 0 Å². The molecule has 2 heterocycles. The van der Waals surface area contributed by atoms with E-state index in [4.69, 9.17) is 4.74 Å². The maximum atomic E-state index is 14.9. The lowest BCUT2D eigenvalue weighted by Crippen LogP contribution is -2.31. The van der Waals surface area contributed by atoms with Crippen molar-refractivity contribution in [3.8, 4) is 0 Å². The highest BCUT2D eigenvalue weighted by Gasteiger charge is 2.41. The Hall–Kier alpha value is -2.26. The number of aromatic amines is 1. The summed E-state index contributed by atoms with van der Waals surface area (Å²) in [4.78, 5) is 24.7. The minimum absolute atomic E-state index is 0.0441. The maximum Gasteiger partial charge on any atom is 0.277 e. The van der Waals surface area contributed by atoms with E-state index in [2.05, 4.69) is 5.10 Å². The van der Waals surface area contributed by atoms with Gasteiger partial charge in [-0.1, -0.05) is 0 Å². The topological polar surface area (TPSA) is 98.2 Å². The number of sulfone groups is 1. The molecule has 0 fully saturated rings. The normalized spacial score (nSPS) is 21.1. The summed E-state index contributed by atoms with van der Waals surface area (Å²) in [5.41, 5.74) is -0.213. The molecule has 0 amide bonds. The molecular formula is C18H21FN2O5S. The third-order valence-electron chi connectivity index (χ3n) is 5.15. The summed E-state index contributed by atoms with van der Waals surface area (Å²) in [5.74, 6) is -1.66. The molecule has 2 atom stereocenters. The summed E-state index contributed by atoms with van der Waals surface area (Å²) in [7, 11) is -2.46. The van der Waals surface area contributed by atoms with Gasteiger partial charge in [-0.05, 0) is 38.8 Å². The van der Waals surface area contributed by atoms with Crippen molar-refractivity contribution in [1.29, 1.82) is 0 Å². The van der Waals surface area contributed by atoms with Gasteiger partial charge in [0.15, 0.2) is 9.84 Å². The molecule has 2 unspecified atom stereocenters. The molecule has 3 rings (SSSR count). The van der Waals surface area contributed by atoms with E-state index in [-0.39, 0.29) is 23.1 Å². The number of hydrogen-bond donors (Lipinski definition) is 1. The molecule has 146 valence electrons. The Balaban J connectivity index is 2.26. The molecule has 2 aromatic rings. The van der Waals surface area contributed by atoms with Gasteiger partial charge in [0.25, 0.3) is 5.56 Å². The van der Waals surface area contributed by atoms with E-state index in [1.807, 2.05) is 0 Å². The first-order valence-corrected chi connectivity index (χ1v) is 10.1. The minimum Gasteiger partial charge on any atom is -0.377 e. The highest BCUT2D eigenvalue weighted by Crippen LogP contribution is 2.42. The molecule has 0 saturated heterocycles. The molecule has 1 aliphatic rings. The number of halogens is 1. The predicted molar refractivity (Wildman–Crippen MR) is 96.3 cm³/mol. The quantitative estimate of drug-likeness (QED) is 0.799. The number of H-pyrrole nitrogens is 1. The second-order valence-electron chi connectivity index (χ2n) is 6.66. The largest absolute Gasteiger partial charge is 0.377 e. The molecule has 9 heteroatoms. The number of ketones is 1. The number of aryl methyl sites for hydroxylation is 1. The molecule has 1 aromatic heterocycles. The van der Waals surface area contributed by atoms with Crippen LogP contribution in [-0.4, -0.2) is 36.3 Å². The van der Waals surface area contributed by atoms with Crippen LogP contribution in [0, 0.1) is 12.7 Å². The number of nitrogens with one attached hydrogen (secondary N) is 1. The molecule has 0 bridgehead atoms. The van der Waals surface area contributed by atoms with Gasteiger partial charge in [-0.2, -0.15) is 0 Å². The number of nitrogens with zero attached hydrogens (tertiary/aromatic N) is 1. The van der Waals surface area contributed by atoms with Gasteiger partial charge in [-0.15, -0.1) is 0 Å². The zero-order valence-electron chi connectivity index (χ0n) is 15.5. The Kier molecular flexibility index (Phi) is 4.85. The molecule has 7 nitrogen and oxygen atoms in total. The lowest BCUT2D eigenvalue weighted by atomic mass is 9.91. The van der Waals surface area contributed by atoms with Gasteiger partial charge in [0.1, 0.15) is 16.3 Å². The lowest BCUT2D eigenvalue weighted by molar-refractivity contribution is 0.0891. The first-order valence-electron chi connectivity index (χ1n) is 8.57. The van der Waals surface area contributed by atoms with Crippen LogP contribution in [0.5, 0.6) is 0 Å². The number of fused-ring (bicyclic) bond motifs is 1. The number of carbonyl (C=O) groups is 1. The van der Waals surface area contributed by atoms with Crippen LogP contribution in [0.2, 0.25) is 0 Å². The highest BCUT2D eigenvalue weighted by molar-refractivity contribution is 7.92. The minimum atomic E-state index is -3.87. The van der Waals surface area contributed by atoms with Crippen LogP contribution in [-0.2, 0) is 21.1 Å². The van der Waals surface area contributed by atoms with Gasteiger partial charge in [0.05, 0.1) is 11.4 Å². The molecule has 0 saturated carbocycles. The third-order valence-corrected chi connectivity index (χ3v) is 7.39. The highest BCUT2D eigenvalue weighted by atomic mass is 32.2. The van der Waals surface area contributed by atoms with Crippen molar-refractivity contribution in [2.24, 2.45) is 0 Å². The van der Waals surface area contributed by atoms with Crippen LogP contribution < -0.4 is 5.56 Å². The zero-order valence-corrected chi connectivity index (χ0v) is 16.3. The Bertz CT molecular complexity index is 1080. The van der Waals surface area contributed by atoms with Crippen molar-refractivity contribution in [2.75, 3.05) is 7.11 Å². The summed E-state index contributed by atoms with van der Waals surface area (Å²) in [6.07, 6.45) is 0.785. The summed E-state index contributed by atoms with van der Waals surface area (Å²) in [6, 6.07) is 0.904. The van der Waals surface area contributed by atoms with E-state index < -0.39 is 43.2 Å². The number of carbonyl (C=O) groups excluding carboxylic acids is 1. The number of ether oxygens (including phenoxy) is 1. The molecule has 1 aromatic carbocycles. The van der Waals surface area contributed by atoms with Gasteiger partial charge in [0, 0.05) is 31.0 Å². The van der Waals surface area contributed by atoms with Crippen molar-refractivity contribution in [2.45, 2.75) is 50.0 Å². The van der Waals surface area contributed by atoms with Gasteiger partial charge >= 0.3 is 0 Å². The first-order chi connectivity index (χ1) is 12.6. The molecular weight excluding hydrogens is 375 g/mol. The van der Waals surface area contributed by atoms with Gasteiger partial charge in [0.2, 0.25) is 5.78 Å². The molecule has 1 aliphatic heterocycles. The average molecular weight is 396 g/mol. The molecule has 1 N–H and O–H groups in total. The van der Waals surface area contributed by atoms with E-state index >= 15 is 0 Å². The van der Waals surface area contributed by atoms with Crippen LogP contribution in [0.15, 0.2) is 22.0 Å². The Morgan fingerprint density at radius 1 is 1.41 bits per heavy atom. The van der Waals surface area contributed by atoms with Crippen LogP contribution in [0.1, 0.15) is 53.4 Å². The fourth-order valence-corrected chi connectivity index (χ4v) is 5.32. The van der Waals surface area contributed by atoms with Crippen molar-refractivity contribution in [1.82, 2.24) is 9.78 Å². The maximum absolute atomic E-state index is 14.9. The second kappa shape index (κ2) is 6.72. The fraction of sp³-hybridized carbons (Fsp3) is 0.444. The Labute approximate surface area is 156 Å². The predicted octanol–water partition coefficient (Wildman–Crippen LogP) is 2.13. The van der Waals surface area contributed by atoms with E-state index in [9.17, 15) is 22.4 Å². The van der Waals surface area contributed by atoms with Crippen LogP contribution in [0.4, 0.5) is 4.39 Å². The second-order valence-corrected chi connectivity index (χ2v) is 8.96. The number of hydrogen-bond acceptors (Lipinski definition) is 5. The fourth-order valence-electron chi connectivity index (χ4n) is 3.57. The SMILES string of the molecule is CCn1[nH]cc(C(=O)c2cc(F)c3c(c2C)C(OC)CC(C)S3(=O)=O)c1=O. The van der Waals surface area contributed by atoms with Crippen molar-refractivity contribution in [3.05, 3.63) is 50.7 Å². The van der Waals surface area contributed by atoms with Gasteiger partial charge in [-0.25, -0.2) is 12.8 Å². The van der Waals surface area contributed by atoms with E-state index in [0.717, 1.165) is 6.07 Å². The Morgan fingerprint density at radius 3 is 2.63 bits per heavy atom. The van der Waals surface area contributed by atoms with Gasteiger partial charge < -0.3 is 9.84 Å². The summed E-state index contributed by atoms with van der Waals surface area (Å²) in [5, 5.41) is 1.88. The number of rotatable bonds is 4. The van der Waals surface area contributed by atoms with Crippen molar-refractivity contribution < 1.29 is 22.3 Å². The van der Waals surface area contributed by atoms with Crippen molar-refractivity contribution >= 4 is 15.6 Å². The molecule has 0 spiro atoms. The summed E-state index contributed by atoms with van der Waals surface area (Å²) < 4.78 is 46.8.